The van der Waals surface area contributed by atoms with E-state index in [4.69, 9.17) is 4.84 Å². The highest BCUT2D eigenvalue weighted by Gasteiger charge is 2.40. The third-order valence-corrected chi connectivity index (χ3v) is 6.57. The minimum atomic E-state index is -0.718. The summed E-state index contributed by atoms with van der Waals surface area (Å²) in [5.41, 5.74) is 0.966. The number of hydrogen-bond donors (Lipinski definition) is 0. The first-order valence-corrected chi connectivity index (χ1v) is 10.9. The molecule has 0 unspecified atom stereocenters. The summed E-state index contributed by atoms with van der Waals surface area (Å²) in [6, 6.07) is 9.58. The van der Waals surface area contributed by atoms with Crippen molar-refractivity contribution in [3.63, 3.8) is 0 Å². The minimum absolute atomic E-state index is 0.0377. The molecule has 3 fully saturated rings. The van der Waals surface area contributed by atoms with Gasteiger partial charge in [0.05, 0.1) is 12.3 Å². The Bertz CT molecular complexity index is 794. The van der Waals surface area contributed by atoms with Gasteiger partial charge in [0.25, 0.3) is 11.8 Å². The second-order valence-corrected chi connectivity index (χ2v) is 8.68. The number of fused-ring (bicyclic) bond motifs is 1. The fourth-order valence-electron chi connectivity index (χ4n) is 4.99. The number of carbonyl (C=O) groups excluding carboxylic acids is 4. The first-order chi connectivity index (χ1) is 14.5. The molecule has 1 aromatic rings. The van der Waals surface area contributed by atoms with E-state index in [1.54, 1.807) is 0 Å². The molecule has 0 bridgehead atoms. The standard InChI is InChI=1S/C23H28N2O5/c26-20-10-11-21(27)25(20)30-22(28)13-19(12-16-6-2-1-3-7-16)23(29)24-14-17-8-4-5-9-18(17)15-24/h1-3,6-7,17-19H,4-5,8-15H2/t17-,18+,19-/m0/s1. The van der Waals surface area contributed by atoms with Gasteiger partial charge in [0, 0.05) is 25.9 Å². The highest BCUT2D eigenvalue weighted by atomic mass is 16.7. The van der Waals surface area contributed by atoms with Crippen LogP contribution in [0.1, 0.15) is 50.5 Å². The molecule has 0 radical (unpaired) electrons. The van der Waals surface area contributed by atoms with Gasteiger partial charge < -0.3 is 9.74 Å². The van der Waals surface area contributed by atoms with Crippen molar-refractivity contribution >= 4 is 23.7 Å². The van der Waals surface area contributed by atoms with E-state index in [0.29, 0.717) is 23.3 Å². The summed E-state index contributed by atoms with van der Waals surface area (Å²) in [4.78, 5) is 56.3. The largest absolute Gasteiger partial charge is 0.342 e. The van der Waals surface area contributed by atoms with E-state index in [0.717, 1.165) is 18.7 Å². The molecule has 3 amide bonds. The van der Waals surface area contributed by atoms with E-state index in [2.05, 4.69) is 0 Å². The molecule has 3 atom stereocenters. The van der Waals surface area contributed by atoms with E-state index in [9.17, 15) is 19.2 Å². The van der Waals surface area contributed by atoms with Gasteiger partial charge in [-0.3, -0.25) is 14.4 Å². The monoisotopic (exact) mass is 412 g/mol. The molecule has 2 saturated heterocycles. The molecule has 3 aliphatic rings. The molecule has 160 valence electrons. The van der Waals surface area contributed by atoms with Crippen LogP contribution in [0.2, 0.25) is 0 Å². The van der Waals surface area contributed by atoms with E-state index in [1.807, 2.05) is 35.2 Å². The Morgan fingerprint density at radius 1 is 0.967 bits per heavy atom. The molecule has 0 N–H and O–H groups in total. The van der Waals surface area contributed by atoms with E-state index in [1.165, 1.54) is 25.7 Å². The van der Waals surface area contributed by atoms with Gasteiger partial charge in [-0.25, -0.2) is 4.79 Å². The van der Waals surface area contributed by atoms with Crippen molar-refractivity contribution in [2.75, 3.05) is 13.1 Å². The van der Waals surface area contributed by atoms with Crippen LogP contribution in [-0.2, 0) is 30.4 Å². The van der Waals surface area contributed by atoms with Crippen LogP contribution in [0.5, 0.6) is 0 Å². The molecular formula is C23H28N2O5. The number of likely N-dealkylation sites (tertiary alicyclic amines) is 1. The SMILES string of the molecule is O=C(C[C@H](Cc1ccccc1)C(=O)N1C[C@H]2CCCC[C@H]2C1)ON1C(=O)CCC1=O. The summed E-state index contributed by atoms with van der Waals surface area (Å²) < 4.78 is 0. The van der Waals surface area contributed by atoms with Gasteiger partial charge in [-0.2, -0.15) is 0 Å². The number of rotatable bonds is 6. The number of nitrogens with zero attached hydrogens (tertiary/aromatic N) is 2. The first kappa shape index (κ1) is 20.6. The van der Waals surface area contributed by atoms with Crippen molar-refractivity contribution in [2.24, 2.45) is 17.8 Å². The number of imide groups is 1. The fraction of sp³-hybridized carbons (Fsp3) is 0.565. The molecule has 30 heavy (non-hydrogen) atoms. The first-order valence-electron chi connectivity index (χ1n) is 10.9. The Morgan fingerprint density at radius 2 is 1.57 bits per heavy atom. The molecule has 4 rings (SSSR count). The van der Waals surface area contributed by atoms with Crippen LogP contribution in [0, 0.1) is 17.8 Å². The predicted octanol–water partition coefficient (Wildman–Crippen LogP) is 2.49. The third-order valence-electron chi connectivity index (χ3n) is 6.57. The Kier molecular flexibility index (Phi) is 6.16. The van der Waals surface area contributed by atoms with Crippen LogP contribution in [0.3, 0.4) is 0 Å². The zero-order valence-electron chi connectivity index (χ0n) is 17.1. The highest BCUT2D eigenvalue weighted by Crippen LogP contribution is 2.37. The van der Waals surface area contributed by atoms with Gasteiger partial charge in [-0.1, -0.05) is 43.2 Å². The molecule has 7 nitrogen and oxygen atoms in total. The lowest BCUT2D eigenvalue weighted by Gasteiger charge is -2.24. The maximum absolute atomic E-state index is 13.4. The van der Waals surface area contributed by atoms with Crippen molar-refractivity contribution in [2.45, 2.75) is 51.4 Å². The van der Waals surface area contributed by atoms with Crippen molar-refractivity contribution < 1.29 is 24.0 Å². The zero-order valence-corrected chi connectivity index (χ0v) is 17.1. The maximum Gasteiger partial charge on any atom is 0.334 e. The number of hydrogen-bond acceptors (Lipinski definition) is 5. The lowest BCUT2D eigenvalue weighted by molar-refractivity contribution is -0.198. The van der Waals surface area contributed by atoms with Crippen LogP contribution in [0.25, 0.3) is 0 Å². The molecule has 2 heterocycles. The normalized spacial score (nSPS) is 24.7. The van der Waals surface area contributed by atoms with Crippen molar-refractivity contribution in [3.8, 4) is 0 Å². The molecule has 7 heteroatoms. The number of amides is 3. The van der Waals surface area contributed by atoms with Crippen LogP contribution in [-0.4, -0.2) is 46.7 Å². The van der Waals surface area contributed by atoms with E-state index in [-0.39, 0.29) is 25.2 Å². The maximum atomic E-state index is 13.4. The van der Waals surface area contributed by atoms with Gasteiger partial charge in [0.1, 0.15) is 0 Å². The van der Waals surface area contributed by atoms with Crippen molar-refractivity contribution in [1.82, 2.24) is 9.96 Å². The topological polar surface area (TPSA) is 84.0 Å². The van der Waals surface area contributed by atoms with Gasteiger partial charge in [0.15, 0.2) is 0 Å². The summed E-state index contributed by atoms with van der Waals surface area (Å²) in [5, 5.41) is 0.552. The smallest absolute Gasteiger partial charge is 0.334 e. The fourth-order valence-corrected chi connectivity index (χ4v) is 4.99. The van der Waals surface area contributed by atoms with E-state index >= 15 is 0 Å². The molecule has 1 aliphatic carbocycles. The zero-order chi connectivity index (χ0) is 21.1. The van der Waals surface area contributed by atoms with Gasteiger partial charge in [-0.15, -0.1) is 5.06 Å². The third kappa shape index (κ3) is 4.55. The second-order valence-electron chi connectivity index (χ2n) is 8.68. The quantitative estimate of drug-likeness (QED) is 0.671. The van der Waals surface area contributed by atoms with Crippen molar-refractivity contribution in [3.05, 3.63) is 35.9 Å². The van der Waals surface area contributed by atoms with Crippen LogP contribution in [0.4, 0.5) is 0 Å². The molecule has 1 saturated carbocycles. The summed E-state index contributed by atoms with van der Waals surface area (Å²) in [6.07, 6.45) is 5.14. The van der Waals surface area contributed by atoms with Gasteiger partial charge >= 0.3 is 5.97 Å². The van der Waals surface area contributed by atoms with Gasteiger partial charge in [0.2, 0.25) is 5.91 Å². The van der Waals surface area contributed by atoms with Gasteiger partial charge in [-0.05, 0) is 36.7 Å². The second kappa shape index (κ2) is 8.98. The summed E-state index contributed by atoms with van der Waals surface area (Å²) in [6.45, 7) is 1.51. The minimum Gasteiger partial charge on any atom is -0.342 e. The Morgan fingerprint density at radius 3 is 2.17 bits per heavy atom. The Hall–Kier alpha value is -2.70. The summed E-state index contributed by atoms with van der Waals surface area (Å²) in [5.74, 6) is -1.23. The lowest BCUT2D eigenvalue weighted by atomic mass is 9.82. The Labute approximate surface area is 176 Å². The number of carbonyl (C=O) groups is 4. The lowest BCUT2D eigenvalue weighted by Crippen LogP contribution is -2.38. The average Bonchev–Trinajstić information content (AvgIpc) is 3.32. The molecule has 1 aromatic carbocycles. The number of hydroxylamine groups is 2. The summed E-state index contributed by atoms with van der Waals surface area (Å²) in [7, 11) is 0. The van der Waals surface area contributed by atoms with Crippen LogP contribution in [0.15, 0.2) is 30.3 Å². The molecule has 0 aromatic heterocycles. The Balaban J connectivity index is 1.45. The highest BCUT2D eigenvalue weighted by molar-refractivity contribution is 6.01. The number of benzene rings is 1. The van der Waals surface area contributed by atoms with Crippen LogP contribution < -0.4 is 0 Å². The summed E-state index contributed by atoms with van der Waals surface area (Å²) >= 11 is 0. The predicted molar refractivity (Wildman–Crippen MR) is 107 cm³/mol. The van der Waals surface area contributed by atoms with Crippen molar-refractivity contribution in [1.29, 1.82) is 0 Å². The van der Waals surface area contributed by atoms with Crippen LogP contribution >= 0.6 is 0 Å². The molecule has 0 spiro atoms. The molecular weight excluding hydrogens is 384 g/mol. The average molecular weight is 412 g/mol. The molecule has 2 aliphatic heterocycles. The van der Waals surface area contributed by atoms with E-state index < -0.39 is 23.7 Å².